The third-order valence-corrected chi connectivity index (χ3v) is 4.67. The zero-order valence-electron chi connectivity index (χ0n) is 12.4. The Bertz CT molecular complexity index is 659. The molecule has 0 atom stereocenters. The Balaban J connectivity index is 1.65. The van der Waals surface area contributed by atoms with Gasteiger partial charge < -0.3 is 10.6 Å². The summed E-state index contributed by atoms with van der Waals surface area (Å²) in [5.74, 6) is 0.0312. The molecule has 1 amide bonds. The van der Waals surface area contributed by atoms with Crippen LogP contribution in [0.25, 0.3) is 0 Å². The first kappa shape index (κ1) is 14.1. The fourth-order valence-corrected chi connectivity index (χ4v) is 3.27. The quantitative estimate of drug-likeness (QED) is 0.880. The van der Waals surface area contributed by atoms with E-state index in [1.54, 1.807) is 0 Å². The largest absolute Gasteiger partial charge is 0.381 e. The van der Waals surface area contributed by atoms with Crippen LogP contribution in [0.1, 0.15) is 38.5 Å². The lowest BCUT2D eigenvalue weighted by atomic mass is 10.1. The summed E-state index contributed by atoms with van der Waals surface area (Å²) < 4.78 is 0. The van der Waals surface area contributed by atoms with Crippen molar-refractivity contribution < 1.29 is 4.79 Å². The number of aryl methyl sites for hydroxylation is 2. The molecule has 1 fully saturated rings. The van der Waals surface area contributed by atoms with E-state index >= 15 is 0 Å². The molecule has 110 valence electrons. The van der Waals surface area contributed by atoms with Crippen molar-refractivity contribution in [3.8, 4) is 0 Å². The van der Waals surface area contributed by atoms with Gasteiger partial charge in [-0.05, 0) is 56.5 Å². The summed E-state index contributed by atoms with van der Waals surface area (Å²) in [6, 6.07) is 10.3. The van der Waals surface area contributed by atoms with Crippen LogP contribution >= 0.6 is 11.3 Å². The number of nitrogens with one attached hydrogen (secondary N) is 2. The molecule has 1 aromatic carbocycles. The van der Waals surface area contributed by atoms with E-state index in [9.17, 15) is 4.79 Å². The molecular weight excluding hydrogens is 280 g/mol. The van der Waals surface area contributed by atoms with Crippen LogP contribution in [-0.2, 0) is 6.54 Å². The van der Waals surface area contributed by atoms with Crippen LogP contribution in [0.5, 0.6) is 0 Å². The van der Waals surface area contributed by atoms with Crippen molar-refractivity contribution in [3.05, 3.63) is 51.2 Å². The van der Waals surface area contributed by atoms with Crippen molar-refractivity contribution in [3.63, 3.8) is 0 Å². The molecule has 1 saturated carbocycles. The number of thiophene rings is 1. The van der Waals surface area contributed by atoms with Crippen molar-refractivity contribution >= 4 is 22.9 Å². The Morgan fingerprint density at radius 3 is 2.76 bits per heavy atom. The van der Waals surface area contributed by atoms with Gasteiger partial charge in [0.05, 0.1) is 0 Å². The van der Waals surface area contributed by atoms with Gasteiger partial charge >= 0.3 is 0 Å². The number of carbonyl (C=O) groups is 1. The fourth-order valence-electron chi connectivity index (χ4n) is 2.32. The smallest absolute Gasteiger partial charge is 0.251 e. The fraction of sp³-hybridized carbons (Fsp3) is 0.353. The number of benzene rings is 1. The molecule has 0 aliphatic heterocycles. The zero-order valence-corrected chi connectivity index (χ0v) is 13.2. The molecule has 1 aromatic heterocycles. The van der Waals surface area contributed by atoms with Crippen LogP contribution in [0.3, 0.4) is 0 Å². The van der Waals surface area contributed by atoms with Gasteiger partial charge in [-0.3, -0.25) is 4.79 Å². The molecule has 3 nitrogen and oxygen atoms in total. The van der Waals surface area contributed by atoms with E-state index in [4.69, 9.17) is 0 Å². The minimum absolute atomic E-state index is 0.0312. The van der Waals surface area contributed by atoms with E-state index in [1.807, 2.05) is 35.6 Å². The normalized spacial score (nSPS) is 14.0. The van der Waals surface area contributed by atoms with Crippen LogP contribution in [0.2, 0.25) is 0 Å². The molecule has 1 aliphatic rings. The van der Waals surface area contributed by atoms with Crippen LogP contribution in [0, 0.1) is 13.8 Å². The molecule has 21 heavy (non-hydrogen) atoms. The minimum atomic E-state index is 0.0312. The summed E-state index contributed by atoms with van der Waals surface area (Å²) in [4.78, 5) is 14.7. The molecule has 0 bridgehead atoms. The Morgan fingerprint density at radius 2 is 2.10 bits per heavy atom. The third kappa shape index (κ3) is 3.64. The summed E-state index contributed by atoms with van der Waals surface area (Å²) in [7, 11) is 0. The van der Waals surface area contributed by atoms with Crippen molar-refractivity contribution in [1.82, 2.24) is 5.32 Å². The highest BCUT2D eigenvalue weighted by molar-refractivity contribution is 7.12. The van der Waals surface area contributed by atoms with Crippen LogP contribution in [-0.4, -0.2) is 11.9 Å². The van der Waals surface area contributed by atoms with Gasteiger partial charge in [0.1, 0.15) is 0 Å². The van der Waals surface area contributed by atoms with Crippen molar-refractivity contribution in [2.45, 2.75) is 39.3 Å². The molecule has 1 aliphatic carbocycles. The highest BCUT2D eigenvalue weighted by Crippen LogP contribution is 2.22. The summed E-state index contributed by atoms with van der Waals surface area (Å²) in [6.07, 6.45) is 2.22. The lowest BCUT2D eigenvalue weighted by molar-refractivity contribution is 0.0951. The number of carbonyl (C=O) groups excluding carboxylic acids is 1. The summed E-state index contributed by atoms with van der Waals surface area (Å²) in [5, 5.41) is 6.42. The lowest BCUT2D eigenvalue weighted by Gasteiger charge is -2.08. The standard InChI is InChI=1S/C17H20N2OS/c1-11-8-14(12(2)21-11)10-18-16-5-3-4-13(9-16)17(20)19-15-6-7-15/h3-5,8-9,15,18H,6-7,10H2,1-2H3,(H,19,20). The Labute approximate surface area is 129 Å². The zero-order chi connectivity index (χ0) is 14.8. The highest BCUT2D eigenvalue weighted by Gasteiger charge is 2.23. The maximum atomic E-state index is 12.0. The number of amides is 1. The lowest BCUT2D eigenvalue weighted by Crippen LogP contribution is -2.25. The molecule has 3 rings (SSSR count). The number of hydrogen-bond acceptors (Lipinski definition) is 3. The third-order valence-electron chi connectivity index (χ3n) is 3.66. The van der Waals surface area contributed by atoms with Gasteiger partial charge in [0.25, 0.3) is 5.91 Å². The average molecular weight is 300 g/mol. The maximum Gasteiger partial charge on any atom is 0.251 e. The van der Waals surface area contributed by atoms with Gasteiger partial charge in [-0.2, -0.15) is 0 Å². The SMILES string of the molecule is Cc1cc(CNc2cccc(C(=O)NC3CC3)c2)c(C)s1. The molecule has 1 heterocycles. The Morgan fingerprint density at radius 1 is 1.29 bits per heavy atom. The van der Waals surface area contributed by atoms with Gasteiger partial charge in [-0.1, -0.05) is 6.07 Å². The molecule has 0 unspecified atom stereocenters. The minimum Gasteiger partial charge on any atom is -0.381 e. The Kier molecular flexibility index (Phi) is 3.97. The van der Waals surface area contributed by atoms with E-state index in [-0.39, 0.29) is 5.91 Å². The first-order chi connectivity index (χ1) is 10.1. The second-order valence-electron chi connectivity index (χ2n) is 5.62. The summed E-state index contributed by atoms with van der Waals surface area (Å²) in [5.41, 5.74) is 3.04. The van der Waals surface area contributed by atoms with Crippen LogP contribution in [0.4, 0.5) is 5.69 Å². The molecule has 0 spiro atoms. The van der Waals surface area contributed by atoms with Gasteiger partial charge in [-0.15, -0.1) is 11.3 Å². The Hall–Kier alpha value is -1.81. The van der Waals surface area contributed by atoms with E-state index in [1.165, 1.54) is 15.3 Å². The molecule has 0 saturated heterocycles. The first-order valence-electron chi connectivity index (χ1n) is 7.32. The highest BCUT2D eigenvalue weighted by atomic mass is 32.1. The van der Waals surface area contributed by atoms with E-state index < -0.39 is 0 Å². The van der Waals surface area contributed by atoms with E-state index in [0.29, 0.717) is 6.04 Å². The van der Waals surface area contributed by atoms with Crippen molar-refractivity contribution in [2.75, 3.05) is 5.32 Å². The van der Waals surface area contributed by atoms with Gasteiger partial charge in [0.15, 0.2) is 0 Å². The van der Waals surface area contributed by atoms with E-state index in [0.717, 1.165) is 30.6 Å². The number of hydrogen-bond donors (Lipinski definition) is 2. The number of anilines is 1. The molecule has 2 N–H and O–H groups in total. The van der Waals surface area contributed by atoms with Gasteiger partial charge in [0.2, 0.25) is 0 Å². The molecule has 2 aromatic rings. The number of rotatable bonds is 5. The summed E-state index contributed by atoms with van der Waals surface area (Å²) in [6.45, 7) is 5.07. The topological polar surface area (TPSA) is 41.1 Å². The second kappa shape index (κ2) is 5.90. The average Bonchev–Trinajstić information content (AvgIpc) is 3.21. The van der Waals surface area contributed by atoms with Crippen LogP contribution in [0.15, 0.2) is 30.3 Å². The van der Waals surface area contributed by atoms with E-state index in [2.05, 4.69) is 30.5 Å². The predicted molar refractivity (Wildman–Crippen MR) is 88.0 cm³/mol. The molecule has 0 radical (unpaired) electrons. The second-order valence-corrected chi connectivity index (χ2v) is 7.08. The molecule has 4 heteroatoms. The van der Waals surface area contributed by atoms with Gasteiger partial charge in [0, 0.05) is 33.6 Å². The first-order valence-corrected chi connectivity index (χ1v) is 8.14. The summed E-state index contributed by atoms with van der Waals surface area (Å²) >= 11 is 1.82. The maximum absolute atomic E-state index is 12.0. The van der Waals surface area contributed by atoms with Gasteiger partial charge in [-0.25, -0.2) is 0 Å². The van der Waals surface area contributed by atoms with Crippen molar-refractivity contribution in [2.24, 2.45) is 0 Å². The van der Waals surface area contributed by atoms with Crippen molar-refractivity contribution in [1.29, 1.82) is 0 Å². The van der Waals surface area contributed by atoms with Crippen LogP contribution < -0.4 is 10.6 Å². The monoisotopic (exact) mass is 300 g/mol. The predicted octanol–water partition coefficient (Wildman–Crippen LogP) is 3.87. The molecular formula is C17H20N2OS.